The molecule has 0 saturated carbocycles. The van der Waals surface area contributed by atoms with E-state index in [9.17, 15) is 9.59 Å². The van der Waals surface area contributed by atoms with Gasteiger partial charge < -0.3 is 5.73 Å². The molecule has 5 heteroatoms. The van der Waals surface area contributed by atoms with Crippen molar-refractivity contribution in [2.24, 2.45) is 5.73 Å². The molecule has 0 aliphatic carbocycles. The van der Waals surface area contributed by atoms with E-state index in [1.54, 1.807) is 24.3 Å². The predicted octanol–water partition coefficient (Wildman–Crippen LogP) is 0.461. The second-order valence-corrected chi connectivity index (χ2v) is 3.13. The second kappa shape index (κ2) is 5.99. The molecule has 0 saturated heterocycles. The van der Waals surface area contributed by atoms with Gasteiger partial charge in [-0.3, -0.25) is 14.4 Å². The summed E-state index contributed by atoms with van der Waals surface area (Å²) in [6, 6.07) is 6.55. The molecule has 0 heterocycles. The van der Waals surface area contributed by atoms with Gasteiger partial charge in [0, 0.05) is 19.2 Å². The van der Waals surface area contributed by atoms with Crippen molar-refractivity contribution >= 4 is 12.2 Å². The number of carbonyl (C=O) groups excluding carboxylic acids is 2. The first-order chi connectivity index (χ1) is 7.70. The molecule has 0 aliphatic heterocycles. The third kappa shape index (κ3) is 2.88. The van der Waals surface area contributed by atoms with Crippen LogP contribution in [0.15, 0.2) is 24.3 Å². The Morgan fingerprint density at radius 1 is 1.50 bits per heavy atom. The SMILES string of the molecule is CN(OCCN)C(=O)c1ccccc1C=O. The summed E-state index contributed by atoms with van der Waals surface area (Å²) >= 11 is 0. The summed E-state index contributed by atoms with van der Waals surface area (Å²) < 4.78 is 0. The first-order valence-corrected chi connectivity index (χ1v) is 4.86. The summed E-state index contributed by atoms with van der Waals surface area (Å²) in [5.41, 5.74) is 5.91. The fraction of sp³-hybridized carbons (Fsp3) is 0.273. The van der Waals surface area contributed by atoms with E-state index < -0.39 is 0 Å². The zero-order valence-electron chi connectivity index (χ0n) is 9.05. The van der Waals surface area contributed by atoms with Crippen LogP contribution in [0.5, 0.6) is 0 Å². The van der Waals surface area contributed by atoms with Crippen molar-refractivity contribution in [3.63, 3.8) is 0 Å². The van der Waals surface area contributed by atoms with E-state index in [0.29, 0.717) is 24.0 Å². The molecule has 1 aromatic rings. The first kappa shape index (κ1) is 12.4. The van der Waals surface area contributed by atoms with Crippen molar-refractivity contribution in [1.82, 2.24) is 5.06 Å². The zero-order chi connectivity index (χ0) is 12.0. The molecule has 16 heavy (non-hydrogen) atoms. The normalized spacial score (nSPS) is 9.88. The number of benzene rings is 1. The van der Waals surface area contributed by atoms with Crippen LogP contribution in [0.1, 0.15) is 20.7 Å². The number of hydrogen-bond donors (Lipinski definition) is 1. The van der Waals surface area contributed by atoms with Crippen LogP contribution >= 0.6 is 0 Å². The van der Waals surface area contributed by atoms with Gasteiger partial charge in [-0.2, -0.15) is 0 Å². The van der Waals surface area contributed by atoms with Crippen LogP contribution in [0.25, 0.3) is 0 Å². The fourth-order valence-electron chi connectivity index (χ4n) is 1.21. The van der Waals surface area contributed by atoms with Crippen molar-refractivity contribution in [3.05, 3.63) is 35.4 Å². The molecule has 1 rings (SSSR count). The molecular formula is C11H14N2O3. The van der Waals surface area contributed by atoms with Gasteiger partial charge in [0.05, 0.1) is 12.2 Å². The Bertz CT molecular complexity index is 379. The highest BCUT2D eigenvalue weighted by atomic mass is 16.7. The van der Waals surface area contributed by atoms with Crippen LogP contribution in [-0.4, -0.2) is 37.5 Å². The standard InChI is InChI=1S/C11H14N2O3/c1-13(16-7-6-12)11(15)10-5-3-2-4-9(10)8-14/h2-5,8H,6-7,12H2,1H3. The molecule has 86 valence electrons. The Hall–Kier alpha value is -1.72. The van der Waals surface area contributed by atoms with E-state index in [1.165, 1.54) is 7.05 Å². The molecule has 0 aliphatic rings. The molecule has 0 bridgehead atoms. The average Bonchev–Trinajstić information content (AvgIpc) is 2.34. The maximum absolute atomic E-state index is 11.8. The number of aldehydes is 1. The second-order valence-electron chi connectivity index (χ2n) is 3.13. The third-order valence-electron chi connectivity index (χ3n) is 2.01. The van der Waals surface area contributed by atoms with E-state index in [0.717, 1.165) is 5.06 Å². The lowest BCUT2D eigenvalue weighted by molar-refractivity contribution is -0.102. The van der Waals surface area contributed by atoms with E-state index in [2.05, 4.69) is 0 Å². The van der Waals surface area contributed by atoms with Crippen molar-refractivity contribution in [1.29, 1.82) is 0 Å². The van der Waals surface area contributed by atoms with Crippen molar-refractivity contribution in [2.45, 2.75) is 0 Å². The highest BCUT2D eigenvalue weighted by Gasteiger charge is 2.15. The summed E-state index contributed by atoms with van der Waals surface area (Å²) in [7, 11) is 1.49. The largest absolute Gasteiger partial charge is 0.328 e. The summed E-state index contributed by atoms with van der Waals surface area (Å²) in [5, 5.41) is 1.08. The Balaban J connectivity index is 2.83. The van der Waals surface area contributed by atoms with E-state index in [1.807, 2.05) is 0 Å². The van der Waals surface area contributed by atoms with E-state index >= 15 is 0 Å². The van der Waals surface area contributed by atoms with Gasteiger partial charge in [0.2, 0.25) is 0 Å². The molecule has 5 nitrogen and oxygen atoms in total. The smallest absolute Gasteiger partial charge is 0.277 e. The van der Waals surface area contributed by atoms with Gasteiger partial charge in [-0.15, -0.1) is 0 Å². The van der Waals surface area contributed by atoms with Crippen molar-refractivity contribution in [3.8, 4) is 0 Å². The van der Waals surface area contributed by atoms with Crippen LogP contribution in [0.3, 0.4) is 0 Å². The molecule has 1 amide bonds. The number of hydroxylamine groups is 2. The number of amides is 1. The van der Waals surface area contributed by atoms with Gasteiger partial charge in [-0.05, 0) is 6.07 Å². The molecule has 1 aromatic carbocycles. The average molecular weight is 222 g/mol. The molecule has 0 radical (unpaired) electrons. The molecule has 0 unspecified atom stereocenters. The molecule has 2 N–H and O–H groups in total. The Labute approximate surface area is 93.7 Å². The minimum Gasteiger partial charge on any atom is -0.328 e. The Morgan fingerprint density at radius 2 is 2.19 bits per heavy atom. The fourth-order valence-corrected chi connectivity index (χ4v) is 1.21. The number of nitrogens with zero attached hydrogens (tertiary/aromatic N) is 1. The molecular weight excluding hydrogens is 208 g/mol. The number of carbonyl (C=O) groups is 2. The Kier molecular flexibility index (Phi) is 4.63. The maximum Gasteiger partial charge on any atom is 0.277 e. The molecule has 0 fully saturated rings. The number of rotatable bonds is 5. The van der Waals surface area contributed by atoms with Crippen LogP contribution < -0.4 is 5.73 Å². The summed E-state index contributed by atoms with van der Waals surface area (Å²) in [5.74, 6) is -0.365. The van der Waals surface area contributed by atoms with Gasteiger partial charge in [0.25, 0.3) is 5.91 Å². The minimum absolute atomic E-state index is 0.255. The maximum atomic E-state index is 11.8. The van der Waals surface area contributed by atoms with Crippen LogP contribution in [0.4, 0.5) is 0 Å². The molecule has 0 aromatic heterocycles. The minimum atomic E-state index is -0.365. The van der Waals surface area contributed by atoms with Gasteiger partial charge in [0.1, 0.15) is 0 Å². The summed E-state index contributed by atoms with van der Waals surface area (Å²) in [6.45, 7) is 0.582. The molecule has 0 spiro atoms. The van der Waals surface area contributed by atoms with E-state index in [-0.39, 0.29) is 12.5 Å². The summed E-state index contributed by atoms with van der Waals surface area (Å²) in [4.78, 5) is 27.6. The number of nitrogens with two attached hydrogens (primary N) is 1. The zero-order valence-corrected chi connectivity index (χ0v) is 9.05. The lowest BCUT2D eigenvalue weighted by atomic mass is 10.1. The highest BCUT2D eigenvalue weighted by Crippen LogP contribution is 2.09. The summed E-state index contributed by atoms with van der Waals surface area (Å²) in [6.07, 6.45) is 0.643. The lowest BCUT2D eigenvalue weighted by Gasteiger charge is -2.16. The predicted molar refractivity (Wildman–Crippen MR) is 58.9 cm³/mol. The quantitative estimate of drug-likeness (QED) is 0.580. The van der Waals surface area contributed by atoms with Gasteiger partial charge in [0.15, 0.2) is 6.29 Å². The van der Waals surface area contributed by atoms with Crippen LogP contribution in [0.2, 0.25) is 0 Å². The first-order valence-electron chi connectivity index (χ1n) is 4.86. The van der Waals surface area contributed by atoms with Gasteiger partial charge in [-0.25, -0.2) is 5.06 Å². The van der Waals surface area contributed by atoms with Crippen molar-refractivity contribution in [2.75, 3.05) is 20.2 Å². The molecule has 0 atom stereocenters. The third-order valence-corrected chi connectivity index (χ3v) is 2.01. The number of hydrogen-bond acceptors (Lipinski definition) is 4. The van der Waals surface area contributed by atoms with Crippen molar-refractivity contribution < 1.29 is 14.4 Å². The monoisotopic (exact) mass is 222 g/mol. The lowest BCUT2D eigenvalue weighted by Crippen LogP contribution is -2.30. The van der Waals surface area contributed by atoms with Crippen LogP contribution in [-0.2, 0) is 4.84 Å². The van der Waals surface area contributed by atoms with E-state index in [4.69, 9.17) is 10.6 Å². The Morgan fingerprint density at radius 3 is 2.81 bits per heavy atom. The topological polar surface area (TPSA) is 72.6 Å². The van der Waals surface area contributed by atoms with Gasteiger partial charge >= 0.3 is 0 Å². The van der Waals surface area contributed by atoms with Gasteiger partial charge in [-0.1, -0.05) is 18.2 Å². The highest BCUT2D eigenvalue weighted by molar-refractivity contribution is 6.00. The van der Waals surface area contributed by atoms with Crippen LogP contribution in [0, 0.1) is 0 Å².